The van der Waals surface area contributed by atoms with E-state index in [4.69, 9.17) is 9.52 Å². The Morgan fingerprint density at radius 1 is 1.50 bits per heavy atom. The topological polar surface area (TPSA) is 99.9 Å². The second-order valence-corrected chi connectivity index (χ2v) is 4.85. The molecule has 0 radical (unpaired) electrons. The first-order chi connectivity index (χ1) is 9.49. The summed E-state index contributed by atoms with van der Waals surface area (Å²) in [5.41, 5.74) is 0. The van der Waals surface area contributed by atoms with Crippen molar-refractivity contribution < 1.29 is 23.9 Å². The molecule has 0 aromatic carbocycles. The molecule has 1 saturated heterocycles. The van der Waals surface area contributed by atoms with Gasteiger partial charge in [-0.1, -0.05) is 6.92 Å². The van der Waals surface area contributed by atoms with Crippen molar-refractivity contribution in [2.24, 2.45) is 11.8 Å². The summed E-state index contributed by atoms with van der Waals surface area (Å²) in [5.74, 6) is -1.85. The third kappa shape index (κ3) is 2.98. The van der Waals surface area contributed by atoms with Crippen molar-refractivity contribution in [1.29, 1.82) is 0 Å². The number of nitrogens with zero attached hydrogens (tertiary/aromatic N) is 1. The minimum Gasteiger partial charge on any atom is -0.481 e. The Bertz CT molecular complexity index is 505. The number of nitrogens with one attached hydrogen (secondary N) is 1. The molecule has 0 spiro atoms. The molecule has 1 unspecified atom stereocenters. The summed E-state index contributed by atoms with van der Waals surface area (Å²) in [7, 11) is 0. The molecule has 1 aliphatic heterocycles. The third-order valence-corrected chi connectivity index (χ3v) is 3.50. The van der Waals surface area contributed by atoms with E-state index in [1.165, 1.54) is 17.2 Å². The summed E-state index contributed by atoms with van der Waals surface area (Å²) >= 11 is 0. The maximum absolute atomic E-state index is 11.8. The zero-order valence-corrected chi connectivity index (χ0v) is 11.0. The summed E-state index contributed by atoms with van der Waals surface area (Å²) in [6.07, 6.45) is 1.38. The maximum atomic E-state index is 11.8. The van der Waals surface area contributed by atoms with Crippen LogP contribution in [0.15, 0.2) is 22.8 Å². The van der Waals surface area contributed by atoms with Gasteiger partial charge in [-0.2, -0.15) is 0 Å². The summed E-state index contributed by atoms with van der Waals surface area (Å²) < 4.78 is 4.90. The predicted molar refractivity (Wildman–Crippen MR) is 67.9 cm³/mol. The molecule has 1 fully saturated rings. The van der Waals surface area contributed by atoms with Crippen LogP contribution in [0.3, 0.4) is 0 Å². The van der Waals surface area contributed by atoms with Gasteiger partial charge in [0.15, 0.2) is 5.76 Å². The fourth-order valence-electron chi connectivity index (χ4n) is 2.00. The first kappa shape index (κ1) is 14.1. The highest BCUT2D eigenvalue weighted by atomic mass is 16.4. The lowest BCUT2D eigenvalue weighted by Gasteiger charge is -2.41. The molecular weight excluding hydrogens is 264 g/mol. The Hall–Kier alpha value is -2.31. The molecule has 7 nitrogen and oxygen atoms in total. The van der Waals surface area contributed by atoms with Gasteiger partial charge in [-0.3, -0.25) is 14.4 Å². The van der Waals surface area contributed by atoms with Crippen LogP contribution >= 0.6 is 0 Å². The summed E-state index contributed by atoms with van der Waals surface area (Å²) in [6.45, 7) is 2.35. The molecule has 1 atom stereocenters. The number of hydrogen-bond donors (Lipinski definition) is 2. The second-order valence-electron chi connectivity index (χ2n) is 4.85. The number of furan rings is 1. The number of aliphatic carboxylic acids is 1. The summed E-state index contributed by atoms with van der Waals surface area (Å²) in [6, 6.07) is 3.10. The Labute approximate surface area is 115 Å². The van der Waals surface area contributed by atoms with E-state index >= 15 is 0 Å². The van der Waals surface area contributed by atoms with Gasteiger partial charge in [-0.05, 0) is 12.1 Å². The Morgan fingerprint density at radius 3 is 2.75 bits per heavy atom. The molecule has 0 saturated carbocycles. The van der Waals surface area contributed by atoms with Crippen LogP contribution < -0.4 is 5.32 Å². The molecule has 20 heavy (non-hydrogen) atoms. The second kappa shape index (κ2) is 5.77. The highest BCUT2D eigenvalue weighted by Gasteiger charge is 2.36. The molecule has 2 heterocycles. The first-order valence-corrected chi connectivity index (χ1v) is 6.31. The fourth-order valence-corrected chi connectivity index (χ4v) is 2.00. The molecule has 2 rings (SSSR count). The standard InChI is InChI=1S/C13H16N2O5/c1-8(13(18)19)9-6-15(7-9)11(16)5-14-12(17)10-3-2-4-20-10/h2-4,8-9H,5-7H2,1H3,(H,14,17)(H,18,19). The fraction of sp³-hybridized carbons (Fsp3) is 0.462. The Morgan fingerprint density at radius 2 is 2.20 bits per heavy atom. The van der Waals surface area contributed by atoms with Gasteiger partial charge in [-0.15, -0.1) is 0 Å². The van der Waals surface area contributed by atoms with Crippen molar-refractivity contribution in [3.05, 3.63) is 24.2 Å². The van der Waals surface area contributed by atoms with Gasteiger partial charge in [-0.25, -0.2) is 0 Å². The predicted octanol–water partition coefficient (Wildman–Crippen LogP) is 0.188. The zero-order valence-electron chi connectivity index (χ0n) is 11.0. The molecule has 1 aliphatic rings. The van der Waals surface area contributed by atoms with Gasteiger partial charge in [0.1, 0.15) is 0 Å². The van der Waals surface area contributed by atoms with E-state index in [1.807, 2.05) is 0 Å². The van der Waals surface area contributed by atoms with Gasteiger partial charge in [0.25, 0.3) is 5.91 Å². The van der Waals surface area contributed by atoms with Crippen molar-refractivity contribution in [1.82, 2.24) is 10.2 Å². The molecule has 0 aliphatic carbocycles. The average molecular weight is 280 g/mol. The van der Waals surface area contributed by atoms with Crippen LogP contribution in [0.4, 0.5) is 0 Å². The van der Waals surface area contributed by atoms with Crippen LogP contribution in [0, 0.1) is 11.8 Å². The number of likely N-dealkylation sites (tertiary alicyclic amines) is 1. The SMILES string of the molecule is CC(C(=O)O)C1CN(C(=O)CNC(=O)c2ccco2)C1. The molecular formula is C13H16N2O5. The monoisotopic (exact) mass is 280 g/mol. The van der Waals surface area contributed by atoms with Crippen LogP contribution in [-0.2, 0) is 9.59 Å². The molecule has 1 aromatic rings. The van der Waals surface area contributed by atoms with Crippen molar-refractivity contribution in [3.8, 4) is 0 Å². The molecule has 7 heteroatoms. The van der Waals surface area contributed by atoms with Gasteiger partial charge in [0, 0.05) is 19.0 Å². The van der Waals surface area contributed by atoms with E-state index in [9.17, 15) is 14.4 Å². The van der Waals surface area contributed by atoms with E-state index in [0.717, 1.165) is 0 Å². The highest BCUT2D eigenvalue weighted by Crippen LogP contribution is 2.23. The van der Waals surface area contributed by atoms with Crippen LogP contribution in [0.25, 0.3) is 0 Å². The first-order valence-electron chi connectivity index (χ1n) is 6.31. The highest BCUT2D eigenvalue weighted by molar-refractivity contribution is 5.94. The number of rotatable bonds is 5. The van der Waals surface area contributed by atoms with E-state index in [1.54, 1.807) is 13.0 Å². The van der Waals surface area contributed by atoms with Crippen LogP contribution in [-0.4, -0.2) is 47.4 Å². The molecule has 0 bridgehead atoms. The number of amides is 2. The van der Waals surface area contributed by atoms with E-state index in [-0.39, 0.29) is 24.1 Å². The number of hydrogen-bond acceptors (Lipinski definition) is 4. The van der Waals surface area contributed by atoms with E-state index in [0.29, 0.717) is 13.1 Å². The van der Waals surface area contributed by atoms with Crippen molar-refractivity contribution >= 4 is 17.8 Å². The lowest BCUT2D eigenvalue weighted by atomic mass is 9.87. The molecule has 2 N–H and O–H groups in total. The lowest BCUT2D eigenvalue weighted by molar-refractivity contribution is -0.150. The van der Waals surface area contributed by atoms with Crippen molar-refractivity contribution in [2.45, 2.75) is 6.92 Å². The minimum absolute atomic E-state index is 0.0165. The average Bonchev–Trinajstić information content (AvgIpc) is 2.87. The summed E-state index contributed by atoms with van der Waals surface area (Å²) in [5, 5.41) is 11.3. The number of carbonyl (C=O) groups is 3. The van der Waals surface area contributed by atoms with E-state index < -0.39 is 17.8 Å². The molecule has 108 valence electrons. The zero-order chi connectivity index (χ0) is 14.7. The number of carboxylic acid groups (broad SMARTS) is 1. The van der Waals surface area contributed by atoms with Gasteiger partial charge >= 0.3 is 5.97 Å². The Balaban J connectivity index is 1.72. The summed E-state index contributed by atoms with van der Waals surface area (Å²) in [4.78, 5) is 35.6. The number of carbonyl (C=O) groups excluding carboxylic acids is 2. The van der Waals surface area contributed by atoms with Gasteiger partial charge in [0.05, 0.1) is 18.7 Å². The van der Waals surface area contributed by atoms with Crippen LogP contribution in [0.2, 0.25) is 0 Å². The number of carboxylic acids is 1. The smallest absolute Gasteiger partial charge is 0.306 e. The molecule has 2 amide bonds. The normalized spacial score (nSPS) is 16.4. The van der Waals surface area contributed by atoms with Crippen molar-refractivity contribution in [2.75, 3.05) is 19.6 Å². The van der Waals surface area contributed by atoms with Gasteiger partial charge in [0.2, 0.25) is 5.91 Å². The third-order valence-electron chi connectivity index (χ3n) is 3.50. The van der Waals surface area contributed by atoms with Crippen LogP contribution in [0.5, 0.6) is 0 Å². The maximum Gasteiger partial charge on any atom is 0.306 e. The molecule has 1 aromatic heterocycles. The largest absolute Gasteiger partial charge is 0.481 e. The Kier molecular flexibility index (Phi) is 4.07. The van der Waals surface area contributed by atoms with Crippen molar-refractivity contribution in [3.63, 3.8) is 0 Å². The van der Waals surface area contributed by atoms with E-state index in [2.05, 4.69) is 5.32 Å². The minimum atomic E-state index is -0.853. The van der Waals surface area contributed by atoms with Gasteiger partial charge < -0.3 is 19.7 Å². The lowest BCUT2D eigenvalue weighted by Crippen LogP contribution is -2.55. The quantitative estimate of drug-likeness (QED) is 0.802. The van der Waals surface area contributed by atoms with Crippen LogP contribution in [0.1, 0.15) is 17.5 Å².